The van der Waals surface area contributed by atoms with Gasteiger partial charge in [0.25, 0.3) is 0 Å². The van der Waals surface area contributed by atoms with E-state index in [0.717, 1.165) is 27.9 Å². The highest BCUT2D eigenvalue weighted by atomic mass is 32.1. The van der Waals surface area contributed by atoms with Crippen molar-refractivity contribution in [2.45, 2.75) is 33.6 Å². The van der Waals surface area contributed by atoms with Gasteiger partial charge in [0, 0.05) is 28.6 Å². The summed E-state index contributed by atoms with van der Waals surface area (Å²) in [5.74, 6) is -1.32. The van der Waals surface area contributed by atoms with Gasteiger partial charge in [-0.25, -0.2) is 13.8 Å². The van der Waals surface area contributed by atoms with Crippen LogP contribution in [-0.2, 0) is 0 Å². The Hall–Kier alpha value is -1.88. The molecule has 1 aromatic carbocycles. The lowest BCUT2D eigenvalue weighted by Gasteiger charge is -2.10. The van der Waals surface area contributed by atoms with Gasteiger partial charge in [-0.15, -0.1) is 11.3 Å². The minimum absolute atomic E-state index is 0.294. The van der Waals surface area contributed by atoms with E-state index in [-0.39, 0.29) is 0 Å². The summed E-state index contributed by atoms with van der Waals surface area (Å²) in [7, 11) is 0. The maximum Gasteiger partial charge on any atom is 0.162 e. The summed E-state index contributed by atoms with van der Waals surface area (Å²) >= 11 is 1.55. The average Bonchev–Trinajstić information content (AvgIpc) is 2.94. The van der Waals surface area contributed by atoms with Crippen LogP contribution in [-0.4, -0.2) is 9.97 Å². The van der Waals surface area contributed by atoms with Crippen molar-refractivity contribution in [2.75, 3.05) is 0 Å². The highest BCUT2D eigenvalue weighted by Gasteiger charge is 2.17. The van der Waals surface area contributed by atoms with Crippen molar-refractivity contribution >= 4 is 22.2 Å². The zero-order valence-electron chi connectivity index (χ0n) is 12.9. The van der Waals surface area contributed by atoms with Gasteiger partial charge in [-0.1, -0.05) is 13.8 Å². The third kappa shape index (κ3) is 2.29. The summed E-state index contributed by atoms with van der Waals surface area (Å²) in [5.41, 5.74) is 3.55. The van der Waals surface area contributed by atoms with E-state index in [1.54, 1.807) is 24.5 Å². The largest absolute Gasteiger partial charge is 0.255 e. The predicted octanol–water partition coefficient (Wildman–Crippen LogP) is 5.38. The molecule has 0 aliphatic carbocycles. The van der Waals surface area contributed by atoms with E-state index in [2.05, 4.69) is 23.8 Å². The van der Waals surface area contributed by atoms with E-state index in [0.29, 0.717) is 22.4 Å². The molecule has 2 heterocycles. The molecule has 0 aliphatic heterocycles. The summed E-state index contributed by atoms with van der Waals surface area (Å²) in [6.45, 7) is 7.67. The predicted molar refractivity (Wildman–Crippen MR) is 86.3 cm³/mol. The van der Waals surface area contributed by atoms with Crippen molar-refractivity contribution in [3.63, 3.8) is 0 Å². The minimum atomic E-state index is -0.860. The molecule has 114 valence electrons. The van der Waals surface area contributed by atoms with Crippen molar-refractivity contribution in [1.82, 2.24) is 9.97 Å². The molecular weight excluding hydrogens is 302 g/mol. The van der Waals surface area contributed by atoms with Crippen LogP contribution in [0, 0.1) is 25.5 Å². The monoisotopic (exact) mass is 318 g/mol. The van der Waals surface area contributed by atoms with E-state index >= 15 is 0 Å². The van der Waals surface area contributed by atoms with E-state index in [1.165, 1.54) is 0 Å². The molecule has 0 unspecified atom stereocenters. The molecule has 0 spiro atoms. The van der Waals surface area contributed by atoms with Gasteiger partial charge in [-0.05, 0) is 30.9 Å². The Labute approximate surface area is 131 Å². The third-order valence-electron chi connectivity index (χ3n) is 3.89. The number of hydrogen-bond donors (Lipinski definition) is 0. The molecule has 2 aromatic heterocycles. The van der Waals surface area contributed by atoms with Gasteiger partial charge in [0.15, 0.2) is 11.6 Å². The van der Waals surface area contributed by atoms with Crippen molar-refractivity contribution < 1.29 is 8.78 Å². The second kappa shape index (κ2) is 5.39. The van der Waals surface area contributed by atoms with E-state index in [4.69, 9.17) is 0 Å². The molecular formula is C17H16F2N2S. The van der Waals surface area contributed by atoms with Gasteiger partial charge in [0.05, 0.1) is 11.2 Å². The van der Waals surface area contributed by atoms with E-state index in [1.807, 2.05) is 12.3 Å². The number of rotatable bonds is 2. The average molecular weight is 318 g/mol. The second-order valence-corrected chi connectivity index (χ2v) is 6.58. The lowest BCUT2D eigenvalue weighted by molar-refractivity contribution is 0.505. The van der Waals surface area contributed by atoms with Crippen molar-refractivity contribution in [3.05, 3.63) is 46.1 Å². The molecule has 2 nitrogen and oxygen atoms in total. The fraction of sp³-hybridized carbons (Fsp3) is 0.294. The summed E-state index contributed by atoms with van der Waals surface area (Å²) in [4.78, 5) is 8.92. The summed E-state index contributed by atoms with van der Waals surface area (Å²) in [5, 5.41) is 3.55. The highest BCUT2D eigenvalue weighted by molar-refractivity contribution is 7.13. The number of benzene rings is 1. The fourth-order valence-corrected chi connectivity index (χ4v) is 3.62. The number of nitrogens with zero attached hydrogens (tertiary/aromatic N) is 2. The summed E-state index contributed by atoms with van der Waals surface area (Å²) < 4.78 is 27.4. The molecule has 0 radical (unpaired) electrons. The van der Waals surface area contributed by atoms with Crippen LogP contribution < -0.4 is 0 Å². The number of aryl methyl sites for hydroxylation is 2. The molecule has 0 bridgehead atoms. The second-order valence-electron chi connectivity index (χ2n) is 5.72. The van der Waals surface area contributed by atoms with Gasteiger partial charge in [0.2, 0.25) is 0 Å². The standard InChI is InChI=1S/C17H16F2N2S/c1-8(2)14-7-22-17(21-14)11-6-20-13-5-12(18)16(19)10(4)15(13)9(11)3/h5-8H,1-4H3. The Bertz CT molecular complexity index is 869. The highest BCUT2D eigenvalue weighted by Crippen LogP contribution is 2.34. The van der Waals surface area contributed by atoms with Crippen LogP contribution >= 0.6 is 11.3 Å². The number of thiazole rings is 1. The Morgan fingerprint density at radius 1 is 1.14 bits per heavy atom. The Morgan fingerprint density at radius 2 is 1.86 bits per heavy atom. The molecule has 3 rings (SSSR count). The Balaban J connectivity index is 2.25. The van der Waals surface area contributed by atoms with Crippen molar-refractivity contribution in [1.29, 1.82) is 0 Å². The van der Waals surface area contributed by atoms with Crippen LogP contribution in [0.25, 0.3) is 21.5 Å². The molecule has 0 saturated carbocycles. The van der Waals surface area contributed by atoms with Crippen LogP contribution in [0.1, 0.15) is 36.6 Å². The van der Waals surface area contributed by atoms with E-state index in [9.17, 15) is 8.78 Å². The first kappa shape index (κ1) is 15.0. The topological polar surface area (TPSA) is 25.8 Å². The van der Waals surface area contributed by atoms with Gasteiger partial charge in [0.1, 0.15) is 5.01 Å². The number of pyridine rings is 1. The number of hydrogen-bond acceptors (Lipinski definition) is 3. The Kier molecular flexibility index (Phi) is 3.68. The zero-order valence-corrected chi connectivity index (χ0v) is 13.7. The summed E-state index contributed by atoms with van der Waals surface area (Å²) in [6, 6.07) is 1.15. The molecule has 0 saturated heterocycles. The van der Waals surface area contributed by atoms with Crippen LogP contribution in [0.2, 0.25) is 0 Å². The van der Waals surface area contributed by atoms with E-state index < -0.39 is 11.6 Å². The quantitative estimate of drug-likeness (QED) is 0.634. The summed E-state index contributed by atoms with van der Waals surface area (Å²) in [6.07, 6.45) is 1.69. The molecule has 22 heavy (non-hydrogen) atoms. The van der Waals surface area contributed by atoms with Gasteiger partial charge in [-0.3, -0.25) is 4.98 Å². The van der Waals surface area contributed by atoms with Crippen molar-refractivity contribution in [3.8, 4) is 10.6 Å². The van der Waals surface area contributed by atoms with Gasteiger partial charge < -0.3 is 0 Å². The first-order valence-electron chi connectivity index (χ1n) is 7.09. The number of fused-ring (bicyclic) bond motifs is 1. The molecule has 0 N–H and O–H groups in total. The maximum atomic E-state index is 13.9. The number of aromatic nitrogens is 2. The molecule has 5 heteroatoms. The normalized spacial score (nSPS) is 11.6. The third-order valence-corrected chi connectivity index (χ3v) is 4.78. The smallest absolute Gasteiger partial charge is 0.162 e. The maximum absolute atomic E-state index is 13.9. The first-order chi connectivity index (χ1) is 10.4. The SMILES string of the molecule is Cc1c(-c2nc(C(C)C)cs2)cnc2cc(F)c(F)c(C)c12. The zero-order chi connectivity index (χ0) is 16.0. The molecule has 0 amide bonds. The van der Waals surface area contributed by atoms with Gasteiger partial charge in [-0.2, -0.15) is 0 Å². The lowest BCUT2D eigenvalue weighted by atomic mass is 10.0. The first-order valence-corrected chi connectivity index (χ1v) is 7.97. The lowest BCUT2D eigenvalue weighted by Crippen LogP contribution is -1.97. The minimum Gasteiger partial charge on any atom is -0.255 e. The molecule has 3 aromatic rings. The van der Waals surface area contributed by atoms with Crippen LogP contribution in [0.15, 0.2) is 17.6 Å². The Morgan fingerprint density at radius 3 is 2.50 bits per heavy atom. The van der Waals surface area contributed by atoms with Gasteiger partial charge >= 0.3 is 0 Å². The fourth-order valence-electron chi connectivity index (χ4n) is 2.57. The van der Waals surface area contributed by atoms with Crippen LogP contribution in [0.3, 0.4) is 0 Å². The number of halogens is 2. The molecule has 0 fully saturated rings. The molecule has 0 atom stereocenters. The van der Waals surface area contributed by atoms with Crippen LogP contribution in [0.5, 0.6) is 0 Å². The van der Waals surface area contributed by atoms with Crippen molar-refractivity contribution in [2.24, 2.45) is 0 Å². The molecule has 0 aliphatic rings. The van der Waals surface area contributed by atoms with Crippen LogP contribution in [0.4, 0.5) is 8.78 Å².